The number of aromatic nitrogens is 1. The van der Waals surface area contributed by atoms with Crippen LogP contribution < -0.4 is 0 Å². The average Bonchev–Trinajstić information content (AvgIpc) is 3.11. The third kappa shape index (κ3) is 3.47. The molecule has 0 spiro atoms. The molecule has 130 valence electrons. The van der Waals surface area contributed by atoms with Crippen LogP contribution in [0.2, 0.25) is 0 Å². The highest BCUT2D eigenvalue weighted by molar-refractivity contribution is 7.79. The maximum Gasteiger partial charge on any atom is 0.152 e. The van der Waals surface area contributed by atoms with Gasteiger partial charge in [0.05, 0.1) is 12.1 Å². The highest BCUT2D eigenvalue weighted by Gasteiger charge is 2.04. The van der Waals surface area contributed by atoms with E-state index in [0.29, 0.717) is 6.61 Å². The number of fused-ring (bicyclic) bond motifs is 1. The van der Waals surface area contributed by atoms with Gasteiger partial charge in [0.25, 0.3) is 0 Å². The second-order valence-corrected chi connectivity index (χ2v) is 7.19. The molecule has 1 aromatic heterocycles. The lowest BCUT2D eigenvalue weighted by molar-refractivity contribution is 0.340. The van der Waals surface area contributed by atoms with Crippen molar-refractivity contribution in [3.05, 3.63) is 90.6 Å². The first kappa shape index (κ1) is 16.8. The molecule has 0 aliphatic rings. The predicted octanol–water partition coefficient (Wildman–Crippen LogP) is 5.11. The van der Waals surface area contributed by atoms with Gasteiger partial charge in [0.1, 0.15) is 0 Å². The monoisotopic (exact) mass is 361 g/mol. The number of nitrogens with zero attached hydrogens (tertiary/aromatic N) is 1. The summed E-state index contributed by atoms with van der Waals surface area (Å²) in [6.07, 6.45) is 3.63. The average molecular weight is 361 g/mol. The SMILES string of the molecule is CS(=O)OCc1ccc(-c2ccc(-n3ccc4ccccc43)cc2)cc1. The second-order valence-electron chi connectivity index (χ2n) is 6.15. The summed E-state index contributed by atoms with van der Waals surface area (Å²) in [6, 6.07) is 27.2. The quantitative estimate of drug-likeness (QED) is 0.495. The van der Waals surface area contributed by atoms with Crippen molar-refractivity contribution in [3.8, 4) is 16.8 Å². The fraction of sp³-hybridized carbons (Fsp3) is 0.0909. The lowest BCUT2D eigenvalue weighted by Gasteiger charge is -2.08. The van der Waals surface area contributed by atoms with Crippen LogP contribution in [0.25, 0.3) is 27.7 Å². The van der Waals surface area contributed by atoms with Crippen molar-refractivity contribution in [3.63, 3.8) is 0 Å². The van der Waals surface area contributed by atoms with Crippen molar-refractivity contribution < 1.29 is 8.39 Å². The van der Waals surface area contributed by atoms with Crippen molar-refractivity contribution >= 4 is 22.0 Å². The normalized spacial score (nSPS) is 12.3. The molecule has 3 aromatic carbocycles. The molecule has 1 heterocycles. The van der Waals surface area contributed by atoms with Gasteiger partial charge in [0, 0.05) is 18.1 Å². The van der Waals surface area contributed by atoms with Crippen molar-refractivity contribution in [2.24, 2.45) is 0 Å². The lowest BCUT2D eigenvalue weighted by Crippen LogP contribution is -1.95. The molecule has 0 saturated heterocycles. The van der Waals surface area contributed by atoms with Crippen LogP contribution in [0.3, 0.4) is 0 Å². The molecule has 0 N–H and O–H groups in total. The Bertz CT molecular complexity index is 1050. The van der Waals surface area contributed by atoms with Crippen LogP contribution in [0.1, 0.15) is 5.56 Å². The molecule has 0 aliphatic carbocycles. The Balaban J connectivity index is 1.57. The van der Waals surface area contributed by atoms with Crippen molar-refractivity contribution in [1.29, 1.82) is 0 Å². The van der Waals surface area contributed by atoms with E-state index in [-0.39, 0.29) is 0 Å². The third-order valence-corrected chi connectivity index (χ3v) is 4.87. The number of para-hydroxylation sites is 1. The molecule has 4 aromatic rings. The van der Waals surface area contributed by atoms with Crippen molar-refractivity contribution in [2.45, 2.75) is 6.61 Å². The van der Waals surface area contributed by atoms with Crippen LogP contribution in [0.4, 0.5) is 0 Å². The van der Waals surface area contributed by atoms with Gasteiger partial charge >= 0.3 is 0 Å². The largest absolute Gasteiger partial charge is 0.317 e. The number of hydrogen-bond acceptors (Lipinski definition) is 2. The molecule has 26 heavy (non-hydrogen) atoms. The zero-order valence-electron chi connectivity index (χ0n) is 14.5. The van der Waals surface area contributed by atoms with Gasteiger partial charge < -0.3 is 4.57 Å². The van der Waals surface area contributed by atoms with Crippen LogP contribution in [-0.4, -0.2) is 15.0 Å². The van der Waals surface area contributed by atoms with E-state index < -0.39 is 11.1 Å². The molecule has 1 unspecified atom stereocenters. The Kier molecular flexibility index (Phi) is 4.69. The summed E-state index contributed by atoms with van der Waals surface area (Å²) in [5, 5.41) is 1.24. The summed E-state index contributed by atoms with van der Waals surface area (Å²) >= 11 is -1.24. The highest BCUT2D eigenvalue weighted by Crippen LogP contribution is 2.24. The summed E-state index contributed by atoms with van der Waals surface area (Å²) in [6.45, 7) is 0.364. The van der Waals surface area contributed by atoms with Crippen LogP contribution in [-0.2, 0) is 21.9 Å². The first-order valence-corrected chi connectivity index (χ1v) is 9.91. The Labute approximate surface area is 155 Å². The first-order chi connectivity index (χ1) is 12.7. The van der Waals surface area contributed by atoms with Gasteiger partial charge in [-0.25, -0.2) is 4.21 Å². The topological polar surface area (TPSA) is 31.2 Å². The lowest BCUT2D eigenvalue weighted by atomic mass is 10.0. The Hall–Kier alpha value is -2.69. The first-order valence-electron chi connectivity index (χ1n) is 8.43. The molecule has 4 rings (SSSR count). The highest BCUT2D eigenvalue weighted by atomic mass is 32.2. The predicted molar refractivity (Wildman–Crippen MR) is 108 cm³/mol. The van der Waals surface area contributed by atoms with E-state index in [4.69, 9.17) is 4.18 Å². The van der Waals surface area contributed by atoms with E-state index in [1.165, 1.54) is 17.2 Å². The summed E-state index contributed by atoms with van der Waals surface area (Å²) in [7, 11) is 0. The van der Waals surface area contributed by atoms with E-state index >= 15 is 0 Å². The Morgan fingerprint density at radius 2 is 1.50 bits per heavy atom. The van der Waals surface area contributed by atoms with Gasteiger partial charge in [-0.3, -0.25) is 4.18 Å². The van der Waals surface area contributed by atoms with E-state index in [0.717, 1.165) is 22.4 Å². The number of hydrogen-bond donors (Lipinski definition) is 0. The fourth-order valence-corrected chi connectivity index (χ4v) is 3.37. The number of rotatable bonds is 5. The van der Waals surface area contributed by atoms with Gasteiger partial charge in [-0.2, -0.15) is 0 Å². The van der Waals surface area contributed by atoms with Crippen LogP contribution >= 0.6 is 0 Å². The van der Waals surface area contributed by atoms with Crippen LogP contribution in [0.5, 0.6) is 0 Å². The van der Waals surface area contributed by atoms with E-state index in [2.05, 4.69) is 77.5 Å². The zero-order valence-corrected chi connectivity index (χ0v) is 15.3. The zero-order chi connectivity index (χ0) is 17.9. The number of benzene rings is 3. The molecular weight excluding hydrogens is 342 g/mol. The second kappa shape index (κ2) is 7.28. The van der Waals surface area contributed by atoms with Crippen molar-refractivity contribution in [1.82, 2.24) is 4.57 Å². The van der Waals surface area contributed by atoms with Gasteiger partial charge in [0.15, 0.2) is 11.1 Å². The summed E-state index contributed by atoms with van der Waals surface area (Å²) in [4.78, 5) is 0. The minimum Gasteiger partial charge on any atom is -0.317 e. The van der Waals surface area contributed by atoms with Gasteiger partial charge in [0.2, 0.25) is 0 Å². The van der Waals surface area contributed by atoms with Crippen LogP contribution in [0.15, 0.2) is 85.1 Å². The molecule has 4 heteroatoms. The molecule has 0 bridgehead atoms. The Morgan fingerprint density at radius 1 is 0.846 bits per heavy atom. The minimum atomic E-state index is -1.24. The van der Waals surface area contributed by atoms with Gasteiger partial charge in [-0.1, -0.05) is 54.6 Å². The molecule has 0 amide bonds. The molecule has 0 saturated carbocycles. The summed E-state index contributed by atoms with van der Waals surface area (Å²) in [5.41, 5.74) is 5.68. The molecule has 1 atom stereocenters. The van der Waals surface area contributed by atoms with Crippen molar-refractivity contribution in [2.75, 3.05) is 6.26 Å². The molecular formula is C22H19NO2S. The van der Waals surface area contributed by atoms with E-state index in [9.17, 15) is 4.21 Å². The standard InChI is InChI=1S/C22H19NO2S/c1-26(24)25-16-17-6-8-18(9-7-17)19-10-12-21(13-11-19)23-15-14-20-4-2-3-5-22(20)23/h2-15H,16H2,1H3. The summed E-state index contributed by atoms with van der Waals surface area (Å²) < 4.78 is 18.3. The molecule has 0 radical (unpaired) electrons. The Morgan fingerprint density at radius 3 is 2.19 bits per heavy atom. The summed E-state index contributed by atoms with van der Waals surface area (Å²) in [5.74, 6) is 0. The van der Waals surface area contributed by atoms with Gasteiger partial charge in [-0.15, -0.1) is 0 Å². The fourth-order valence-electron chi connectivity index (χ4n) is 3.07. The maximum atomic E-state index is 11.0. The smallest absolute Gasteiger partial charge is 0.152 e. The van der Waals surface area contributed by atoms with Crippen LogP contribution in [0, 0.1) is 0 Å². The van der Waals surface area contributed by atoms with E-state index in [1.54, 1.807) is 0 Å². The molecule has 0 aliphatic heterocycles. The maximum absolute atomic E-state index is 11.0. The van der Waals surface area contributed by atoms with Gasteiger partial charge in [-0.05, 0) is 46.3 Å². The molecule has 3 nitrogen and oxygen atoms in total. The molecule has 0 fully saturated rings. The minimum absolute atomic E-state index is 0.364. The third-order valence-electron chi connectivity index (χ3n) is 4.42. The van der Waals surface area contributed by atoms with E-state index in [1.807, 2.05) is 12.1 Å².